The van der Waals surface area contributed by atoms with Crippen molar-refractivity contribution in [3.8, 4) is 73.2 Å². The van der Waals surface area contributed by atoms with Gasteiger partial charge in [-0.2, -0.15) is 0 Å². The van der Waals surface area contributed by atoms with Gasteiger partial charge in [-0.05, 0) is 69.8 Å². The lowest BCUT2D eigenvalue weighted by Gasteiger charge is -2.10. The first-order chi connectivity index (χ1) is 30.7. The maximum Gasteiger partial charge on any atom is 0.164 e. The first-order valence-corrected chi connectivity index (χ1v) is 20.8. The minimum Gasteiger partial charge on any atom is -0.456 e. The molecule has 0 saturated carbocycles. The van der Waals surface area contributed by atoms with Gasteiger partial charge in [-0.25, -0.2) is 15.0 Å². The molecule has 0 radical (unpaired) electrons. The van der Waals surface area contributed by atoms with E-state index in [1.807, 2.05) is 12.1 Å². The number of rotatable bonds is 7. The molecule has 290 valence electrons. The van der Waals surface area contributed by atoms with Crippen LogP contribution in [0.4, 0.5) is 0 Å². The molecule has 0 atom stereocenters. The summed E-state index contributed by atoms with van der Waals surface area (Å²) in [7, 11) is 0. The lowest BCUT2D eigenvalue weighted by Crippen LogP contribution is -2.00. The van der Waals surface area contributed by atoms with E-state index < -0.39 is 0 Å². The van der Waals surface area contributed by atoms with Crippen molar-refractivity contribution in [1.29, 1.82) is 0 Å². The summed E-state index contributed by atoms with van der Waals surface area (Å²) < 4.78 is 9.08. The van der Waals surface area contributed by atoms with E-state index in [2.05, 4.69) is 211 Å². The largest absolute Gasteiger partial charge is 0.456 e. The molecule has 0 aliphatic rings. The Balaban J connectivity index is 0.961. The quantitative estimate of drug-likeness (QED) is 0.161. The molecule has 0 N–H and O–H groups in total. The average Bonchev–Trinajstić information content (AvgIpc) is 3.89. The normalized spacial score (nSPS) is 11.5. The SMILES string of the molecule is c1ccc(-c2ccc(-c3nc(-c4ccc(-c5ccccc5)cc4)nc(-c4ccc5c(c4)oc4cc(-n6c7ccccc7c7ccc(-c8ccccc8)cc76)ccc45)n3)cc2)cc1. The third-order valence-electron chi connectivity index (χ3n) is 11.9. The van der Waals surface area contributed by atoms with Gasteiger partial charge in [-0.1, -0.05) is 176 Å². The maximum atomic E-state index is 6.73. The second-order valence-corrected chi connectivity index (χ2v) is 15.6. The van der Waals surface area contributed by atoms with Crippen molar-refractivity contribution in [2.45, 2.75) is 0 Å². The number of fused-ring (bicyclic) bond motifs is 6. The molecule has 5 nitrogen and oxygen atoms in total. The Labute approximate surface area is 357 Å². The summed E-state index contributed by atoms with van der Waals surface area (Å²) in [6.45, 7) is 0. The lowest BCUT2D eigenvalue weighted by molar-refractivity contribution is 0.668. The second kappa shape index (κ2) is 14.7. The fourth-order valence-corrected chi connectivity index (χ4v) is 8.75. The lowest BCUT2D eigenvalue weighted by atomic mass is 10.0. The van der Waals surface area contributed by atoms with Crippen molar-refractivity contribution in [1.82, 2.24) is 19.5 Å². The summed E-state index contributed by atoms with van der Waals surface area (Å²) in [5.74, 6) is 1.78. The van der Waals surface area contributed by atoms with Gasteiger partial charge >= 0.3 is 0 Å². The molecule has 0 amide bonds. The van der Waals surface area contributed by atoms with Gasteiger partial charge in [0.1, 0.15) is 11.2 Å². The van der Waals surface area contributed by atoms with Crippen LogP contribution in [0.3, 0.4) is 0 Å². The molecule has 0 bridgehead atoms. The number of benzene rings is 9. The summed E-state index contributed by atoms with van der Waals surface area (Å²) in [5.41, 5.74) is 14.5. The van der Waals surface area contributed by atoms with E-state index in [4.69, 9.17) is 19.4 Å². The number of nitrogens with zero attached hydrogens (tertiary/aromatic N) is 4. The summed E-state index contributed by atoms with van der Waals surface area (Å²) in [6.07, 6.45) is 0. The van der Waals surface area contributed by atoms with Crippen LogP contribution >= 0.6 is 0 Å². The van der Waals surface area contributed by atoms with Gasteiger partial charge in [0.15, 0.2) is 17.5 Å². The Bertz CT molecular complexity index is 3490. The van der Waals surface area contributed by atoms with Crippen molar-refractivity contribution in [3.63, 3.8) is 0 Å². The van der Waals surface area contributed by atoms with Crippen LogP contribution in [0.25, 0.3) is 117 Å². The Kier molecular flexibility index (Phi) is 8.42. The molecule has 12 aromatic rings. The van der Waals surface area contributed by atoms with E-state index in [0.29, 0.717) is 17.5 Å². The van der Waals surface area contributed by atoms with Crippen LogP contribution in [-0.2, 0) is 0 Å². The zero-order chi connectivity index (χ0) is 41.0. The Morgan fingerprint density at radius 2 is 0.677 bits per heavy atom. The number of furan rings is 1. The molecule has 0 fully saturated rings. The van der Waals surface area contributed by atoms with E-state index >= 15 is 0 Å². The predicted octanol–water partition coefficient (Wildman–Crippen LogP) is 14.9. The monoisotopic (exact) mass is 792 g/mol. The Hall–Kier alpha value is -8.41. The highest BCUT2D eigenvalue weighted by Crippen LogP contribution is 2.38. The van der Waals surface area contributed by atoms with Gasteiger partial charge < -0.3 is 8.98 Å². The van der Waals surface area contributed by atoms with Crippen LogP contribution < -0.4 is 0 Å². The average molecular weight is 793 g/mol. The standard InChI is InChI=1S/C57H36N4O/c1-4-12-37(13-5-1)40-20-24-42(25-21-40)55-58-56(43-26-22-41(23-27-43)38-14-6-2-7-15-38)60-57(59-55)45-29-32-49-50-33-30-46(36-54(50)62-53(49)35-45)61-51-19-11-10-18-47(51)48-31-28-44(34-52(48)61)39-16-8-3-9-17-39/h1-36H. The first kappa shape index (κ1) is 35.5. The molecule has 0 saturated heterocycles. The van der Waals surface area contributed by atoms with E-state index in [9.17, 15) is 0 Å². The number of para-hydroxylation sites is 1. The van der Waals surface area contributed by atoms with Crippen molar-refractivity contribution >= 4 is 43.7 Å². The topological polar surface area (TPSA) is 56.7 Å². The third-order valence-corrected chi connectivity index (χ3v) is 11.9. The predicted molar refractivity (Wildman–Crippen MR) is 254 cm³/mol. The van der Waals surface area contributed by atoms with Gasteiger partial charge in [-0.15, -0.1) is 0 Å². The van der Waals surface area contributed by atoms with Crippen molar-refractivity contribution < 1.29 is 4.42 Å². The summed E-state index contributed by atoms with van der Waals surface area (Å²) >= 11 is 0. The van der Waals surface area contributed by atoms with Crippen molar-refractivity contribution in [3.05, 3.63) is 218 Å². The van der Waals surface area contributed by atoms with Crippen LogP contribution in [-0.4, -0.2) is 19.5 Å². The van der Waals surface area contributed by atoms with Crippen LogP contribution in [0, 0.1) is 0 Å². The third kappa shape index (κ3) is 6.23. The molecule has 62 heavy (non-hydrogen) atoms. The van der Waals surface area contributed by atoms with Gasteiger partial charge in [0.25, 0.3) is 0 Å². The molecule has 3 heterocycles. The molecular formula is C57H36N4O. The van der Waals surface area contributed by atoms with Crippen LogP contribution in [0.5, 0.6) is 0 Å². The maximum absolute atomic E-state index is 6.73. The highest BCUT2D eigenvalue weighted by Gasteiger charge is 2.18. The number of hydrogen-bond acceptors (Lipinski definition) is 4. The zero-order valence-electron chi connectivity index (χ0n) is 33.5. The van der Waals surface area contributed by atoms with Gasteiger partial charge in [0, 0.05) is 50.0 Å². The summed E-state index contributed by atoms with van der Waals surface area (Å²) in [5, 5.41) is 4.51. The molecule has 0 aliphatic carbocycles. The highest BCUT2D eigenvalue weighted by atomic mass is 16.3. The van der Waals surface area contributed by atoms with Crippen LogP contribution in [0.15, 0.2) is 223 Å². The molecule has 0 aliphatic heterocycles. The molecule has 5 heteroatoms. The fraction of sp³-hybridized carbons (Fsp3) is 0. The molecule has 0 spiro atoms. The molecule has 0 unspecified atom stereocenters. The van der Waals surface area contributed by atoms with Crippen molar-refractivity contribution in [2.24, 2.45) is 0 Å². The van der Waals surface area contributed by atoms with Crippen LogP contribution in [0.2, 0.25) is 0 Å². The smallest absolute Gasteiger partial charge is 0.164 e. The minimum absolute atomic E-state index is 0.576. The zero-order valence-corrected chi connectivity index (χ0v) is 33.5. The van der Waals surface area contributed by atoms with Gasteiger partial charge in [-0.3, -0.25) is 0 Å². The molecule has 3 aromatic heterocycles. The fourth-order valence-electron chi connectivity index (χ4n) is 8.75. The van der Waals surface area contributed by atoms with E-state index in [1.165, 1.54) is 21.9 Å². The minimum atomic E-state index is 0.576. The highest BCUT2D eigenvalue weighted by molar-refractivity contribution is 6.11. The number of aromatic nitrogens is 4. The first-order valence-electron chi connectivity index (χ1n) is 20.8. The molecular weight excluding hydrogens is 757 g/mol. The van der Waals surface area contributed by atoms with E-state index in [-0.39, 0.29) is 0 Å². The Morgan fingerprint density at radius 1 is 0.274 bits per heavy atom. The second-order valence-electron chi connectivity index (χ2n) is 15.6. The number of hydrogen-bond donors (Lipinski definition) is 0. The molecule has 9 aromatic carbocycles. The molecule has 12 rings (SSSR count). The van der Waals surface area contributed by atoms with Crippen LogP contribution in [0.1, 0.15) is 0 Å². The summed E-state index contributed by atoms with van der Waals surface area (Å²) in [6, 6.07) is 76.3. The van der Waals surface area contributed by atoms with Crippen molar-refractivity contribution in [2.75, 3.05) is 0 Å². The summed E-state index contributed by atoms with van der Waals surface area (Å²) in [4.78, 5) is 15.2. The van der Waals surface area contributed by atoms with Gasteiger partial charge in [0.2, 0.25) is 0 Å². The van der Waals surface area contributed by atoms with E-state index in [0.717, 1.165) is 77.6 Å². The van der Waals surface area contributed by atoms with Gasteiger partial charge in [0.05, 0.1) is 11.0 Å². The Morgan fingerprint density at radius 3 is 1.27 bits per heavy atom. The van der Waals surface area contributed by atoms with E-state index in [1.54, 1.807) is 0 Å².